The Morgan fingerprint density at radius 3 is 2.67 bits per heavy atom. The normalized spacial score (nSPS) is 10.9. The quantitative estimate of drug-likeness (QED) is 0.782. The van der Waals surface area contributed by atoms with Gasteiger partial charge in [-0.15, -0.1) is 0 Å². The van der Waals surface area contributed by atoms with Gasteiger partial charge >= 0.3 is 0 Å². The van der Waals surface area contributed by atoms with Crippen LogP contribution in [0.5, 0.6) is 0 Å². The summed E-state index contributed by atoms with van der Waals surface area (Å²) >= 11 is 6.45. The van der Waals surface area contributed by atoms with Gasteiger partial charge in [0, 0.05) is 0 Å². The van der Waals surface area contributed by atoms with Crippen LogP contribution in [-0.2, 0) is 4.79 Å². The smallest absolute Gasteiger partial charge is 0.184 e. The summed E-state index contributed by atoms with van der Waals surface area (Å²) in [6.07, 6.45) is 3.08. The van der Waals surface area contributed by atoms with Gasteiger partial charge in [-0.3, -0.25) is 4.79 Å². The SMILES string of the molecule is CC(=O)C=Cc1cc(Br)c(Br)o1. The van der Waals surface area contributed by atoms with Crippen molar-refractivity contribution >= 4 is 43.7 Å². The Kier molecular flexibility index (Phi) is 3.29. The van der Waals surface area contributed by atoms with Crippen LogP contribution in [0.1, 0.15) is 12.7 Å². The van der Waals surface area contributed by atoms with E-state index in [1.807, 2.05) is 0 Å². The molecule has 0 bridgehead atoms. The molecule has 1 rings (SSSR count). The number of hydrogen-bond donors (Lipinski definition) is 0. The van der Waals surface area contributed by atoms with Gasteiger partial charge in [-0.25, -0.2) is 0 Å². The summed E-state index contributed by atoms with van der Waals surface area (Å²) in [5, 5.41) is 0. The average Bonchev–Trinajstić information content (AvgIpc) is 2.28. The lowest BCUT2D eigenvalue weighted by Crippen LogP contribution is -1.78. The molecule has 4 heteroatoms. The highest BCUT2D eigenvalue weighted by Crippen LogP contribution is 2.27. The van der Waals surface area contributed by atoms with Crippen LogP contribution in [0, 0.1) is 0 Å². The molecule has 0 atom stereocenters. The summed E-state index contributed by atoms with van der Waals surface area (Å²) < 4.78 is 6.66. The lowest BCUT2D eigenvalue weighted by atomic mass is 10.3. The lowest BCUT2D eigenvalue weighted by molar-refractivity contribution is -0.112. The van der Waals surface area contributed by atoms with Crippen molar-refractivity contribution in [3.05, 3.63) is 27.0 Å². The Morgan fingerprint density at radius 1 is 1.58 bits per heavy atom. The summed E-state index contributed by atoms with van der Waals surface area (Å²) in [7, 11) is 0. The summed E-state index contributed by atoms with van der Waals surface area (Å²) in [6, 6.07) is 1.78. The molecular weight excluding hydrogens is 288 g/mol. The topological polar surface area (TPSA) is 30.2 Å². The number of ketones is 1. The zero-order valence-corrected chi connectivity index (χ0v) is 9.48. The predicted molar refractivity (Wildman–Crippen MR) is 53.8 cm³/mol. The fourth-order valence-corrected chi connectivity index (χ4v) is 1.25. The molecule has 1 heterocycles. The minimum atomic E-state index is -0.00125. The number of carbonyl (C=O) groups is 1. The standard InChI is InChI=1S/C8H6Br2O2/c1-5(11)2-3-6-4-7(9)8(10)12-6/h2-4H,1H3. The van der Waals surface area contributed by atoms with Crippen LogP contribution >= 0.6 is 31.9 Å². The monoisotopic (exact) mass is 292 g/mol. The Labute approximate surface area is 86.9 Å². The average molecular weight is 294 g/mol. The van der Waals surface area contributed by atoms with Crippen molar-refractivity contribution in [2.24, 2.45) is 0 Å². The van der Waals surface area contributed by atoms with E-state index in [0.717, 1.165) is 4.47 Å². The van der Waals surface area contributed by atoms with E-state index in [0.29, 0.717) is 10.4 Å². The van der Waals surface area contributed by atoms with Crippen LogP contribution in [-0.4, -0.2) is 5.78 Å². The number of allylic oxidation sites excluding steroid dienone is 1. The largest absolute Gasteiger partial charge is 0.449 e. The number of rotatable bonds is 2. The highest BCUT2D eigenvalue weighted by molar-refractivity contribution is 9.13. The van der Waals surface area contributed by atoms with Crippen LogP contribution in [0.4, 0.5) is 0 Å². The molecule has 0 aliphatic heterocycles. The maximum absolute atomic E-state index is 10.6. The zero-order chi connectivity index (χ0) is 9.14. The molecule has 0 saturated heterocycles. The molecule has 0 aliphatic rings. The number of halogens is 2. The molecular formula is C8H6Br2O2. The van der Waals surface area contributed by atoms with Gasteiger partial charge in [-0.2, -0.15) is 0 Å². The maximum Gasteiger partial charge on any atom is 0.184 e. The van der Waals surface area contributed by atoms with Crippen molar-refractivity contribution in [2.75, 3.05) is 0 Å². The first-order valence-electron chi connectivity index (χ1n) is 3.23. The molecule has 0 aromatic carbocycles. The first-order chi connectivity index (χ1) is 5.59. The molecule has 0 aliphatic carbocycles. The third-order valence-electron chi connectivity index (χ3n) is 1.15. The van der Waals surface area contributed by atoms with Gasteiger partial charge in [0.15, 0.2) is 10.5 Å². The highest BCUT2D eigenvalue weighted by Gasteiger charge is 2.02. The van der Waals surface area contributed by atoms with E-state index >= 15 is 0 Å². The number of hydrogen-bond acceptors (Lipinski definition) is 2. The van der Waals surface area contributed by atoms with Gasteiger partial charge in [0.1, 0.15) is 5.76 Å². The van der Waals surface area contributed by atoms with E-state index in [4.69, 9.17) is 4.42 Å². The van der Waals surface area contributed by atoms with Gasteiger partial charge < -0.3 is 4.42 Å². The minimum absolute atomic E-state index is 0.00125. The highest BCUT2D eigenvalue weighted by atomic mass is 79.9. The van der Waals surface area contributed by atoms with E-state index < -0.39 is 0 Å². The van der Waals surface area contributed by atoms with Gasteiger partial charge in [0.2, 0.25) is 0 Å². The van der Waals surface area contributed by atoms with Crippen molar-refractivity contribution in [3.63, 3.8) is 0 Å². The zero-order valence-electron chi connectivity index (χ0n) is 6.30. The van der Waals surface area contributed by atoms with Crippen LogP contribution in [0.15, 0.2) is 25.7 Å². The lowest BCUT2D eigenvalue weighted by Gasteiger charge is -1.81. The third-order valence-corrected chi connectivity index (χ3v) is 2.86. The van der Waals surface area contributed by atoms with E-state index in [1.54, 1.807) is 12.1 Å². The number of carbonyl (C=O) groups excluding carboxylic acids is 1. The molecule has 0 saturated carbocycles. The molecule has 0 N–H and O–H groups in total. The van der Waals surface area contributed by atoms with Crippen molar-refractivity contribution in [1.82, 2.24) is 0 Å². The van der Waals surface area contributed by atoms with Crippen LogP contribution < -0.4 is 0 Å². The van der Waals surface area contributed by atoms with E-state index in [9.17, 15) is 4.79 Å². The van der Waals surface area contributed by atoms with Crippen molar-refractivity contribution in [3.8, 4) is 0 Å². The van der Waals surface area contributed by atoms with Gasteiger partial charge in [-0.05, 0) is 57.0 Å². The van der Waals surface area contributed by atoms with E-state index in [-0.39, 0.29) is 5.78 Å². The maximum atomic E-state index is 10.6. The van der Waals surface area contributed by atoms with Crippen molar-refractivity contribution in [2.45, 2.75) is 6.92 Å². The van der Waals surface area contributed by atoms with Gasteiger partial charge in [0.05, 0.1) is 4.47 Å². The Bertz CT molecular complexity index is 306. The second kappa shape index (κ2) is 4.05. The Hall–Kier alpha value is -0.350. The molecule has 1 aromatic rings. The summed E-state index contributed by atoms with van der Waals surface area (Å²) in [4.78, 5) is 10.6. The van der Waals surface area contributed by atoms with Gasteiger partial charge in [-0.1, -0.05) is 0 Å². The molecule has 1 aromatic heterocycles. The fraction of sp³-hybridized carbons (Fsp3) is 0.125. The molecule has 0 fully saturated rings. The summed E-state index contributed by atoms with van der Waals surface area (Å²) in [6.45, 7) is 1.49. The first-order valence-corrected chi connectivity index (χ1v) is 4.81. The van der Waals surface area contributed by atoms with Gasteiger partial charge in [0.25, 0.3) is 0 Å². The first kappa shape index (κ1) is 9.74. The summed E-state index contributed by atoms with van der Waals surface area (Å²) in [5.41, 5.74) is 0. The minimum Gasteiger partial charge on any atom is -0.449 e. The number of furan rings is 1. The van der Waals surface area contributed by atoms with E-state index in [2.05, 4.69) is 31.9 Å². The Balaban J connectivity index is 2.83. The predicted octanol–water partition coefficient (Wildman–Crippen LogP) is 3.41. The van der Waals surface area contributed by atoms with Crippen molar-refractivity contribution < 1.29 is 9.21 Å². The molecule has 0 unspecified atom stereocenters. The van der Waals surface area contributed by atoms with Crippen LogP contribution in [0.25, 0.3) is 6.08 Å². The molecule has 0 amide bonds. The molecule has 64 valence electrons. The van der Waals surface area contributed by atoms with E-state index in [1.165, 1.54) is 13.0 Å². The van der Waals surface area contributed by atoms with Crippen LogP contribution in [0.3, 0.4) is 0 Å². The molecule has 0 radical (unpaired) electrons. The fourth-order valence-electron chi connectivity index (χ4n) is 0.645. The second-order valence-corrected chi connectivity index (χ2v) is 3.79. The summed E-state index contributed by atoms with van der Waals surface area (Å²) in [5.74, 6) is 0.641. The third kappa shape index (κ3) is 2.60. The van der Waals surface area contributed by atoms with Crippen LogP contribution in [0.2, 0.25) is 0 Å². The second-order valence-electron chi connectivity index (χ2n) is 2.21. The Morgan fingerprint density at radius 2 is 2.25 bits per heavy atom. The van der Waals surface area contributed by atoms with Crippen molar-refractivity contribution in [1.29, 1.82) is 0 Å². The molecule has 2 nitrogen and oxygen atoms in total. The molecule has 0 spiro atoms. The molecule has 12 heavy (non-hydrogen) atoms.